The fourth-order valence-electron chi connectivity index (χ4n) is 2.48. The lowest BCUT2D eigenvalue weighted by atomic mass is 9.94. The summed E-state index contributed by atoms with van der Waals surface area (Å²) in [7, 11) is 0. The van der Waals surface area contributed by atoms with E-state index in [-0.39, 0.29) is 5.78 Å². The summed E-state index contributed by atoms with van der Waals surface area (Å²) in [6.07, 6.45) is 4.40. The first-order chi connectivity index (χ1) is 9.25. The Morgan fingerprint density at radius 2 is 2.16 bits per heavy atom. The maximum Gasteiger partial charge on any atom is 0.194 e. The minimum absolute atomic E-state index is 0.0546. The van der Waals surface area contributed by atoms with Crippen LogP contribution in [0.2, 0.25) is 0 Å². The SMILES string of the molecule is Cc1ccncc1C(=O)c1ccc2c(c1)CNCC2. The Morgan fingerprint density at radius 3 is 3.00 bits per heavy atom. The van der Waals surface area contributed by atoms with Gasteiger partial charge in [-0.05, 0) is 48.7 Å². The fraction of sp³-hybridized carbons (Fsp3) is 0.250. The van der Waals surface area contributed by atoms with E-state index in [9.17, 15) is 4.79 Å². The summed E-state index contributed by atoms with van der Waals surface area (Å²) >= 11 is 0. The van der Waals surface area contributed by atoms with Gasteiger partial charge in [-0.25, -0.2) is 0 Å². The molecule has 3 heteroatoms. The molecule has 3 rings (SSSR count). The maximum absolute atomic E-state index is 12.5. The Bertz CT molecular complexity index is 634. The van der Waals surface area contributed by atoms with Crippen LogP contribution in [0.3, 0.4) is 0 Å². The van der Waals surface area contributed by atoms with Crippen molar-refractivity contribution in [2.45, 2.75) is 19.9 Å². The average Bonchev–Trinajstić information content (AvgIpc) is 2.46. The maximum atomic E-state index is 12.5. The number of aryl methyl sites for hydroxylation is 1. The molecule has 2 heterocycles. The van der Waals surface area contributed by atoms with Crippen LogP contribution in [0.25, 0.3) is 0 Å². The van der Waals surface area contributed by atoms with Crippen molar-refractivity contribution < 1.29 is 4.79 Å². The predicted molar refractivity (Wildman–Crippen MR) is 74.3 cm³/mol. The van der Waals surface area contributed by atoms with Crippen LogP contribution < -0.4 is 5.32 Å². The number of pyridine rings is 1. The van der Waals surface area contributed by atoms with E-state index >= 15 is 0 Å². The molecule has 1 N–H and O–H groups in total. The van der Waals surface area contributed by atoms with Gasteiger partial charge in [-0.1, -0.05) is 12.1 Å². The van der Waals surface area contributed by atoms with Gasteiger partial charge in [0.2, 0.25) is 0 Å². The van der Waals surface area contributed by atoms with Crippen molar-refractivity contribution in [1.82, 2.24) is 10.3 Å². The number of nitrogens with one attached hydrogen (secondary N) is 1. The summed E-state index contributed by atoms with van der Waals surface area (Å²) in [5.41, 5.74) is 4.98. The van der Waals surface area contributed by atoms with Gasteiger partial charge in [-0.2, -0.15) is 0 Å². The second-order valence-electron chi connectivity index (χ2n) is 4.93. The number of aromatic nitrogens is 1. The molecule has 1 aromatic carbocycles. The molecule has 1 aliphatic heterocycles. The van der Waals surface area contributed by atoms with Crippen LogP contribution in [-0.2, 0) is 13.0 Å². The number of ketones is 1. The van der Waals surface area contributed by atoms with Crippen LogP contribution in [0.1, 0.15) is 32.6 Å². The third-order valence-corrected chi connectivity index (χ3v) is 3.64. The summed E-state index contributed by atoms with van der Waals surface area (Å²) in [5.74, 6) is 0.0546. The van der Waals surface area contributed by atoms with Gasteiger partial charge in [0.1, 0.15) is 0 Å². The third kappa shape index (κ3) is 2.29. The van der Waals surface area contributed by atoms with E-state index in [2.05, 4.69) is 16.4 Å². The van der Waals surface area contributed by atoms with Crippen LogP contribution in [0, 0.1) is 6.92 Å². The Morgan fingerprint density at radius 1 is 1.26 bits per heavy atom. The minimum atomic E-state index is 0.0546. The molecule has 1 aliphatic rings. The first kappa shape index (κ1) is 12.1. The molecule has 19 heavy (non-hydrogen) atoms. The van der Waals surface area contributed by atoms with Gasteiger partial charge in [0.25, 0.3) is 0 Å². The highest BCUT2D eigenvalue weighted by Gasteiger charge is 2.15. The van der Waals surface area contributed by atoms with Crippen LogP contribution in [-0.4, -0.2) is 17.3 Å². The number of fused-ring (bicyclic) bond motifs is 1. The third-order valence-electron chi connectivity index (χ3n) is 3.64. The summed E-state index contributed by atoms with van der Waals surface area (Å²) in [6.45, 7) is 3.80. The Balaban J connectivity index is 1.98. The van der Waals surface area contributed by atoms with Gasteiger partial charge in [-0.3, -0.25) is 9.78 Å². The fourth-order valence-corrected chi connectivity index (χ4v) is 2.48. The highest BCUT2D eigenvalue weighted by Crippen LogP contribution is 2.19. The molecule has 96 valence electrons. The van der Waals surface area contributed by atoms with E-state index < -0.39 is 0 Å². The molecule has 0 spiro atoms. The highest BCUT2D eigenvalue weighted by atomic mass is 16.1. The molecule has 2 aromatic rings. The molecule has 0 aliphatic carbocycles. The minimum Gasteiger partial charge on any atom is -0.312 e. The van der Waals surface area contributed by atoms with Crippen LogP contribution in [0.15, 0.2) is 36.7 Å². The standard InChI is InChI=1S/C16H16N2O/c1-11-4-6-18-10-15(11)16(19)13-3-2-12-5-7-17-9-14(12)8-13/h2-4,6,8,10,17H,5,7,9H2,1H3. The second-order valence-corrected chi connectivity index (χ2v) is 4.93. The van der Waals surface area contributed by atoms with Gasteiger partial charge in [0.15, 0.2) is 5.78 Å². The lowest BCUT2D eigenvalue weighted by molar-refractivity contribution is 0.103. The smallest absolute Gasteiger partial charge is 0.194 e. The van der Waals surface area contributed by atoms with Crippen molar-refractivity contribution in [3.8, 4) is 0 Å². The number of carbonyl (C=O) groups is 1. The van der Waals surface area contributed by atoms with Crippen molar-refractivity contribution in [2.24, 2.45) is 0 Å². The van der Waals surface area contributed by atoms with E-state index in [0.29, 0.717) is 5.56 Å². The number of rotatable bonds is 2. The van der Waals surface area contributed by atoms with Gasteiger partial charge in [0, 0.05) is 30.1 Å². The van der Waals surface area contributed by atoms with Crippen molar-refractivity contribution >= 4 is 5.78 Å². The highest BCUT2D eigenvalue weighted by molar-refractivity contribution is 6.09. The van der Waals surface area contributed by atoms with Gasteiger partial charge in [-0.15, -0.1) is 0 Å². The van der Waals surface area contributed by atoms with Crippen LogP contribution in [0.5, 0.6) is 0 Å². The topological polar surface area (TPSA) is 42.0 Å². The zero-order valence-corrected chi connectivity index (χ0v) is 10.9. The van der Waals surface area contributed by atoms with E-state index in [0.717, 1.165) is 30.6 Å². The molecule has 0 amide bonds. The molecule has 0 atom stereocenters. The number of carbonyl (C=O) groups excluding carboxylic acids is 1. The molecule has 0 saturated heterocycles. The van der Waals surface area contributed by atoms with E-state index in [1.54, 1.807) is 12.4 Å². The van der Waals surface area contributed by atoms with Crippen LogP contribution in [0.4, 0.5) is 0 Å². The number of benzene rings is 1. The quantitative estimate of drug-likeness (QED) is 0.834. The molecular formula is C16H16N2O. The predicted octanol–water partition coefficient (Wildman–Crippen LogP) is 2.27. The first-order valence-electron chi connectivity index (χ1n) is 6.53. The van der Waals surface area contributed by atoms with E-state index in [1.807, 2.05) is 25.1 Å². The molecule has 0 fully saturated rings. The lowest BCUT2D eigenvalue weighted by Gasteiger charge is -2.17. The van der Waals surface area contributed by atoms with Crippen molar-refractivity contribution in [1.29, 1.82) is 0 Å². The summed E-state index contributed by atoms with van der Waals surface area (Å²) in [6, 6.07) is 7.89. The normalized spacial score (nSPS) is 13.9. The number of nitrogens with zero attached hydrogens (tertiary/aromatic N) is 1. The van der Waals surface area contributed by atoms with E-state index in [1.165, 1.54) is 11.1 Å². The van der Waals surface area contributed by atoms with Gasteiger partial charge in [0.05, 0.1) is 0 Å². The summed E-state index contributed by atoms with van der Waals surface area (Å²) < 4.78 is 0. The Labute approximate surface area is 112 Å². The molecule has 0 bridgehead atoms. The Hall–Kier alpha value is -2.00. The molecule has 1 aromatic heterocycles. The Kier molecular flexibility index (Phi) is 3.13. The van der Waals surface area contributed by atoms with Gasteiger partial charge < -0.3 is 5.32 Å². The van der Waals surface area contributed by atoms with Gasteiger partial charge >= 0.3 is 0 Å². The van der Waals surface area contributed by atoms with Crippen molar-refractivity contribution in [3.05, 3.63) is 64.5 Å². The number of hydrogen-bond acceptors (Lipinski definition) is 3. The summed E-state index contributed by atoms with van der Waals surface area (Å²) in [5, 5.41) is 3.33. The first-order valence-corrected chi connectivity index (χ1v) is 6.53. The number of hydrogen-bond donors (Lipinski definition) is 1. The van der Waals surface area contributed by atoms with E-state index in [4.69, 9.17) is 0 Å². The van der Waals surface area contributed by atoms with Crippen LogP contribution >= 0.6 is 0 Å². The van der Waals surface area contributed by atoms with Crippen molar-refractivity contribution in [3.63, 3.8) is 0 Å². The zero-order valence-electron chi connectivity index (χ0n) is 10.9. The average molecular weight is 252 g/mol. The second kappa shape index (κ2) is 4.94. The molecule has 0 unspecified atom stereocenters. The molecular weight excluding hydrogens is 236 g/mol. The molecule has 3 nitrogen and oxygen atoms in total. The monoisotopic (exact) mass is 252 g/mol. The lowest BCUT2D eigenvalue weighted by Crippen LogP contribution is -2.23. The zero-order chi connectivity index (χ0) is 13.2. The summed E-state index contributed by atoms with van der Waals surface area (Å²) in [4.78, 5) is 16.5. The molecule has 0 radical (unpaired) electrons. The largest absolute Gasteiger partial charge is 0.312 e. The van der Waals surface area contributed by atoms with Crippen molar-refractivity contribution in [2.75, 3.05) is 6.54 Å². The molecule has 0 saturated carbocycles.